The van der Waals surface area contributed by atoms with E-state index in [1.165, 1.54) is 9.87 Å². The van der Waals surface area contributed by atoms with Crippen LogP contribution in [0.3, 0.4) is 0 Å². The molecule has 8 heteroatoms. The Labute approximate surface area is 183 Å². The van der Waals surface area contributed by atoms with Crippen molar-refractivity contribution < 1.29 is 13.2 Å². The summed E-state index contributed by atoms with van der Waals surface area (Å²) in [5, 5.41) is 0. The van der Waals surface area contributed by atoms with Crippen LogP contribution in [0.1, 0.15) is 12.5 Å². The van der Waals surface area contributed by atoms with E-state index in [2.05, 4.69) is 33.9 Å². The molecule has 2 aromatic carbocycles. The third kappa shape index (κ3) is 4.70. The van der Waals surface area contributed by atoms with Crippen LogP contribution in [0.5, 0.6) is 5.75 Å². The Morgan fingerprint density at radius 1 is 0.935 bits per heavy atom. The minimum atomic E-state index is -3.54. The van der Waals surface area contributed by atoms with Gasteiger partial charge < -0.3 is 9.64 Å². The number of anilines is 1. The Morgan fingerprint density at radius 3 is 2.26 bits per heavy atom. The summed E-state index contributed by atoms with van der Waals surface area (Å²) in [7, 11) is -3.54. The number of nitrogens with zero attached hydrogens (tertiary/aromatic N) is 4. The van der Waals surface area contributed by atoms with Gasteiger partial charge in [0.15, 0.2) is 0 Å². The molecular formula is C23H26N4O3S. The lowest BCUT2D eigenvalue weighted by Crippen LogP contribution is -2.48. The zero-order chi connectivity index (χ0) is 21.8. The number of sulfonamides is 1. The molecule has 2 heterocycles. The van der Waals surface area contributed by atoms with Crippen molar-refractivity contribution in [3.8, 4) is 17.0 Å². The fraction of sp³-hybridized carbons (Fsp3) is 0.304. The van der Waals surface area contributed by atoms with Gasteiger partial charge in [0, 0.05) is 37.8 Å². The zero-order valence-electron chi connectivity index (χ0n) is 17.7. The fourth-order valence-electron chi connectivity index (χ4n) is 3.58. The molecule has 1 aliphatic rings. The third-order valence-electron chi connectivity index (χ3n) is 5.34. The quantitative estimate of drug-likeness (QED) is 0.587. The van der Waals surface area contributed by atoms with E-state index in [0.29, 0.717) is 38.5 Å². The van der Waals surface area contributed by atoms with Crippen molar-refractivity contribution in [3.63, 3.8) is 0 Å². The van der Waals surface area contributed by atoms with Gasteiger partial charge in [-0.05, 0) is 38.1 Å². The van der Waals surface area contributed by atoms with Crippen molar-refractivity contribution in [3.05, 3.63) is 66.5 Å². The van der Waals surface area contributed by atoms with E-state index in [1.54, 1.807) is 30.6 Å². The number of hydrogen-bond acceptors (Lipinski definition) is 6. The Hall–Kier alpha value is -2.97. The van der Waals surface area contributed by atoms with Gasteiger partial charge in [-0.15, -0.1) is 0 Å². The molecule has 1 aromatic heterocycles. The molecule has 0 radical (unpaired) electrons. The van der Waals surface area contributed by atoms with E-state index in [-0.39, 0.29) is 4.90 Å². The minimum Gasteiger partial charge on any atom is -0.494 e. The molecule has 0 spiro atoms. The molecule has 162 valence electrons. The first-order valence-corrected chi connectivity index (χ1v) is 11.8. The van der Waals surface area contributed by atoms with Gasteiger partial charge in [-0.1, -0.05) is 29.8 Å². The van der Waals surface area contributed by atoms with Crippen molar-refractivity contribution in [1.82, 2.24) is 14.3 Å². The highest BCUT2D eigenvalue weighted by molar-refractivity contribution is 7.89. The molecule has 4 rings (SSSR count). The molecule has 3 aromatic rings. The normalized spacial score (nSPS) is 15.1. The molecule has 0 aliphatic carbocycles. The summed E-state index contributed by atoms with van der Waals surface area (Å²) in [4.78, 5) is 11.2. The van der Waals surface area contributed by atoms with Crippen LogP contribution < -0.4 is 9.64 Å². The second-order valence-corrected chi connectivity index (χ2v) is 9.36. The zero-order valence-corrected chi connectivity index (χ0v) is 18.5. The molecule has 1 saturated heterocycles. The summed E-state index contributed by atoms with van der Waals surface area (Å²) < 4.78 is 32.9. The third-order valence-corrected chi connectivity index (χ3v) is 7.25. The summed E-state index contributed by atoms with van der Waals surface area (Å²) in [6.07, 6.45) is 1.56. The van der Waals surface area contributed by atoms with Crippen LogP contribution in [-0.2, 0) is 10.0 Å². The van der Waals surface area contributed by atoms with Gasteiger partial charge in [-0.25, -0.2) is 18.4 Å². The van der Waals surface area contributed by atoms with Gasteiger partial charge in [0.1, 0.15) is 17.9 Å². The maximum atomic E-state index is 13.0. The predicted octanol–water partition coefficient (Wildman–Crippen LogP) is 3.36. The smallest absolute Gasteiger partial charge is 0.243 e. The van der Waals surface area contributed by atoms with E-state index in [9.17, 15) is 8.42 Å². The van der Waals surface area contributed by atoms with Gasteiger partial charge in [0.2, 0.25) is 10.0 Å². The van der Waals surface area contributed by atoms with Crippen molar-refractivity contribution in [2.45, 2.75) is 18.7 Å². The van der Waals surface area contributed by atoms with Gasteiger partial charge in [-0.2, -0.15) is 4.31 Å². The standard InChI is InChI=1S/C23H26N4O3S/c1-3-30-20-8-10-21(11-9-20)31(28,29)27-14-12-26(13-15-27)23-16-22(24-17-25-23)19-6-4-18(2)5-7-19/h4-11,16-17H,3,12-15H2,1-2H3. The predicted molar refractivity (Wildman–Crippen MR) is 121 cm³/mol. The number of ether oxygens (including phenoxy) is 1. The summed E-state index contributed by atoms with van der Waals surface area (Å²) in [6, 6.07) is 16.8. The molecule has 0 atom stereocenters. The van der Waals surface area contributed by atoms with E-state index in [1.807, 2.05) is 25.1 Å². The highest BCUT2D eigenvalue weighted by Crippen LogP contribution is 2.24. The van der Waals surface area contributed by atoms with Crippen LogP contribution in [-0.4, -0.2) is 55.5 Å². The van der Waals surface area contributed by atoms with E-state index in [4.69, 9.17) is 4.74 Å². The average molecular weight is 439 g/mol. The van der Waals surface area contributed by atoms with Crippen molar-refractivity contribution in [2.24, 2.45) is 0 Å². The van der Waals surface area contributed by atoms with Crippen molar-refractivity contribution in [1.29, 1.82) is 0 Å². The second kappa shape index (κ2) is 9.03. The molecule has 1 fully saturated rings. The number of benzene rings is 2. The largest absolute Gasteiger partial charge is 0.494 e. The van der Waals surface area contributed by atoms with Crippen LogP contribution in [0, 0.1) is 6.92 Å². The van der Waals surface area contributed by atoms with E-state index in [0.717, 1.165) is 17.1 Å². The van der Waals surface area contributed by atoms with Crippen LogP contribution in [0.15, 0.2) is 65.8 Å². The van der Waals surface area contributed by atoms with Crippen LogP contribution in [0.4, 0.5) is 5.82 Å². The molecule has 0 saturated carbocycles. The maximum absolute atomic E-state index is 13.0. The van der Waals surface area contributed by atoms with Gasteiger partial charge in [0.05, 0.1) is 17.2 Å². The van der Waals surface area contributed by atoms with Gasteiger partial charge in [-0.3, -0.25) is 0 Å². The molecule has 31 heavy (non-hydrogen) atoms. The number of piperazine rings is 1. The molecule has 0 bridgehead atoms. The molecule has 1 aliphatic heterocycles. The van der Waals surface area contributed by atoms with Gasteiger partial charge >= 0.3 is 0 Å². The Balaban J connectivity index is 1.45. The van der Waals surface area contributed by atoms with E-state index >= 15 is 0 Å². The Bertz CT molecular complexity index is 1120. The lowest BCUT2D eigenvalue weighted by atomic mass is 10.1. The average Bonchev–Trinajstić information content (AvgIpc) is 2.80. The first-order chi connectivity index (χ1) is 15.0. The maximum Gasteiger partial charge on any atom is 0.243 e. The number of rotatable bonds is 6. The van der Waals surface area contributed by atoms with Crippen LogP contribution in [0.2, 0.25) is 0 Å². The van der Waals surface area contributed by atoms with E-state index < -0.39 is 10.0 Å². The second-order valence-electron chi connectivity index (χ2n) is 7.42. The molecule has 0 unspecified atom stereocenters. The lowest BCUT2D eigenvalue weighted by molar-refractivity contribution is 0.340. The van der Waals surface area contributed by atoms with Crippen LogP contribution in [0.25, 0.3) is 11.3 Å². The highest BCUT2D eigenvalue weighted by Gasteiger charge is 2.29. The number of hydrogen-bond donors (Lipinski definition) is 0. The monoisotopic (exact) mass is 438 g/mol. The Kier molecular flexibility index (Phi) is 6.20. The summed E-state index contributed by atoms with van der Waals surface area (Å²) in [5.41, 5.74) is 3.09. The fourth-order valence-corrected chi connectivity index (χ4v) is 5.01. The number of aryl methyl sites for hydroxylation is 1. The Morgan fingerprint density at radius 2 is 1.61 bits per heavy atom. The summed E-state index contributed by atoms with van der Waals surface area (Å²) >= 11 is 0. The molecule has 0 N–H and O–H groups in total. The molecular weight excluding hydrogens is 412 g/mol. The van der Waals surface area contributed by atoms with Crippen molar-refractivity contribution in [2.75, 3.05) is 37.7 Å². The van der Waals surface area contributed by atoms with Gasteiger partial charge in [0.25, 0.3) is 0 Å². The van der Waals surface area contributed by atoms with Crippen molar-refractivity contribution >= 4 is 15.8 Å². The number of aromatic nitrogens is 2. The molecule has 7 nitrogen and oxygen atoms in total. The first kappa shape index (κ1) is 21.3. The molecule has 0 amide bonds. The summed E-state index contributed by atoms with van der Waals surface area (Å²) in [6.45, 7) is 6.43. The topological polar surface area (TPSA) is 75.6 Å². The minimum absolute atomic E-state index is 0.285. The first-order valence-electron chi connectivity index (χ1n) is 10.3. The van der Waals surface area contributed by atoms with Crippen LogP contribution >= 0.6 is 0 Å². The highest BCUT2D eigenvalue weighted by atomic mass is 32.2. The SMILES string of the molecule is CCOc1ccc(S(=O)(=O)N2CCN(c3cc(-c4ccc(C)cc4)ncn3)CC2)cc1. The lowest BCUT2D eigenvalue weighted by Gasteiger charge is -2.34. The summed E-state index contributed by atoms with van der Waals surface area (Å²) in [5.74, 6) is 1.48.